The first-order valence-electron chi connectivity index (χ1n) is 6.72. The molecule has 0 atom stereocenters. The van der Waals surface area contributed by atoms with Crippen LogP contribution in [0.1, 0.15) is 26.2 Å². The molecule has 0 bridgehead atoms. The van der Waals surface area contributed by atoms with Crippen molar-refractivity contribution in [1.82, 2.24) is 0 Å². The van der Waals surface area contributed by atoms with E-state index in [4.69, 9.17) is 0 Å². The van der Waals surface area contributed by atoms with Crippen molar-refractivity contribution in [2.24, 2.45) is 0 Å². The van der Waals surface area contributed by atoms with E-state index in [1.54, 1.807) is 17.7 Å². The van der Waals surface area contributed by atoms with Gasteiger partial charge in [-0.15, -0.1) is 0 Å². The van der Waals surface area contributed by atoms with Crippen LogP contribution in [0.4, 0.5) is 0 Å². The Labute approximate surface area is 141 Å². The minimum Gasteiger partial charge on any atom is -1.00 e. The first-order valence-corrected chi connectivity index (χ1v) is 13.2. The van der Waals surface area contributed by atoms with Crippen molar-refractivity contribution in [2.75, 3.05) is 0 Å². The van der Waals surface area contributed by atoms with Gasteiger partial charge in [0.15, 0.2) is 0 Å². The minimum atomic E-state index is -0.936. The van der Waals surface area contributed by atoms with Crippen molar-refractivity contribution < 1.29 is 47.7 Å². The standard InChI is InChI=1S/C10H15Si.C5H5.2ClH.Hf/c1-9-4-5-10(8-9)11(2)6-3-7-11;1-2-4-5-3-1;;;/h5H,3-4,6-7H2,1-2H3;1-3H,4H2;2*1H;/q;;;;+2/p-2. The molecule has 2 aliphatic carbocycles. The third-order valence-corrected chi connectivity index (χ3v) is 15.9. The number of halogens is 2. The molecule has 0 aromatic rings. The maximum atomic E-state index is 2.63. The first kappa shape index (κ1) is 17.7. The van der Waals surface area contributed by atoms with E-state index in [0.29, 0.717) is 0 Å². The molecule has 1 aliphatic heterocycles. The van der Waals surface area contributed by atoms with Crippen molar-refractivity contribution in [3.8, 4) is 0 Å². The van der Waals surface area contributed by atoms with E-state index in [9.17, 15) is 0 Å². The van der Waals surface area contributed by atoms with Gasteiger partial charge in [-0.25, -0.2) is 0 Å². The van der Waals surface area contributed by atoms with Gasteiger partial charge >= 0.3 is 118 Å². The van der Waals surface area contributed by atoms with Gasteiger partial charge in [0, 0.05) is 0 Å². The summed E-state index contributed by atoms with van der Waals surface area (Å²) < 4.78 is 3.73. The zero-order valence-corrected chi connectivity index (χ0v) is 17.7. The summed E-state index contributed by atoms with van der Waals surface area (Å²) in [6.45, 7) is 5.02. The van der Waals surface area contributed by atoms with Crippen LogP contribution in [-0.2, 0) is 22.9 Å². The first-order chi connectivity index (χ1) is 8.19. The Hall–Kier alpha value is 0.627. The van der Waals surface area contributed by atoms with Crippen LogP contribution in [0, 0.1) is 0 Å². The predicted molar refractivity (Wildman–Crippen MR) is 73.1 cm³/mol. The van der Waals surface area contributed by atoms with Crippen molar-refractivity contribution in [3.05, 3.63) is 41.7 Å². The molecule has 0 amide bonds. The second kappa shape index (κ2) is 7.06. The van der Waals surface area contributed by atoms with Gasteiger partial charge in [-0.2, -0.15) is 0 Å². The van der Waals surface area contributed by atoms with Gasteiger partial charge in [-0.1, -0.05) is 0 Å². The quantitative estimate of drug-likeness (QED) is 0.436. The second-order valence-corrected chi connectivity index (χ2v) is 15.5. The SMILES string of the molecule is CC1=[C]([Hf+2][C]2=CC=CC2)C([Si]2(C)CCC2)=CC1.[Cl-].[Cl-]. The van der Waals surface area contributed by atoms with Crippen molar-refractivity contribution in [2.45, 2.75) is 44.8 Å². The topological polar surface area (TPSA) is 0 Å². The molecular weight excluding hydrogens is 458 g/mol. The van der Waals surface area contributed by atoms with Gasteiger partial charge in [-0.3, -0.25) is 0 Å². The molecule has 102 valence electrons. The summed E-state index contributed by atoms with van der Waals surface area (Å²) in [4.78, 5) is 0. The fraction of sp³-hybridized carbons (Fsp3) is 0.467. The van der Waals surface area contributed by atoms with Crippen LogP contribution in [0.2, 0.25) is 18.6 Å². The molecule has 1 fully saturated rings. The van der Waals surface area contributed by atoms with E-state index in [1.807, 2.05) is 11.9 Å². The van der Waals surface area contributed by atoms with Gasteiger partial charge in [0.25, 0.3) is 0 Å². The fourth-order valence-corrected chi connectivity index (χ4v) is 14.8. The molecule has 1 heterocycles. The molecule has 0 nitrogen and oxygen atoms in total. The second-order valence-electron chi connectivity index (χ2n) is 5.84. The van der Waals surface area contributed by atoms with Crippen LogP contribution in [0.25, 0.3) is 0 Å². The molecule has 3 aliphatic rings. The predicted octanol–water partition coefficient (Wildman–Crippen LogP) is -1.45. The van der Waals surface area contributed by atoms with E-state index < -0.39 is 31.0 Å². The maximum absolute atomic E-state index is 2.63. The zero-order chi connectivity index (χ0) is 11.9. The van der Waals surface area contributed by atoms with Gasteiger partial charge in [-0.05, 0) is 0 Å². The summed E-state index contributed by atoms with van der Waals surface area (Å²) in [6.07, 6.45) is 13.7. The Morgan fingerprint density at radius 2 is 1.89 bits per heavy atom. The Kier molecular flexibility index (Phi) is 6.57. The van der Waals surface area contributed by atoms with Crippen LogP contribution in [-0.4, -0.2) is 8.07 Å². The summed E-state index contributed by atoms with van der Waals surface area (Å²) >= 11 is -0.690. The Morgan fingerprint density at radius 3 is 2.42 bits per heavy atom. The van der Waals surface area contributed by atoms with Gasteiger partial charge in [0.1, 0.15) is 0 Å². The summed E-state index contributed by atoms with van der Waals surface area (Å²) in [5.74, 6) is 0. The van der Waals surface area contributed by atoms with Crippen molar-refractivity contribution in [1.29, 1.82) is 0 Å². The molecule has 0 N–H and O–H groups in total. The number of allylic oxidation sites excluding steroid dienone is 8. The minimum absolute atomic E-state index is 0. The monoisotopic (exact) mass is 478 g/mol. The molecule has 4 heteroatoms. The Bertz CT molecular complexity index is 471. The zero-order valence-electron chi connectivity index (χ0n) is 11.6. The van der Waals surface area contributed by atoms with Crippen LogP contribution in [0.3, 0.4) is 0 Å². The normalized spacial score (nSPS) is 22.8. The van der Waals surface area contributed by atoms with E-state index in [2.05, 4.69) is 37.8 Å². The molecule has 0 saturated carbocycles. The average molecular weight is 478 g/mol. The van der Waals surface area contributed by atoms with Gasteiger partial charge in [0.05, 0.1) is 0 Å². The molecule has 0 aromatic carbocycles. The summed E-state index contributed by atoms with van der Waals surface area (Å²) in [5.41, 5.74) is 1.73. The Balaban J connectivity index is 0.000000902. The van der Waals surface area contributed by atoms with Crippen LogP contribution < -0.4 is 24.8 Å². The van der Waals surface area contributed by atoms with Crippen LogP contribution in [0.15, 0.2) is 41.7 Å². The molecule has 0 aromatic heterocycles. The van der Waals surface area contributed by atoms with Gasteiger partial charge < -0.3 is 24.8 Å². The third-order valence-electron chi connectivity index (χ3n) is 4.47. The van der Waals surface area contributed by atoms with E-state index in [-0.39, 0.29) is 24.8 Å². The smallest absolute Gasteiger partial charge is 1.00 e. The average Bonchev–Trinajstić information content (AvgIpc) is 2.88. The number of rotatable bonds is 3. The Morgan fingerprint density at radius 1 is 1.16 bits per heavy atom. The molecule has 0 unspecified atom stereocenters. The fourth-order valence-electron chi connectivity index (χ4n) is 3.09. The van der Waals surface area contributed by atoms with Crippen LogP contribution in [0.5, 0.6) is 0 Å². The maximum Gasteiger partial charge on any atom is -1.00 e. The molecule has 3 rings (SSSR count). The molecule has 19 heavy (non-hydrogen) atoms. The number of hydrogen-bond acceptors (Lipinski definition) is 0. The summed E-state index contributed by atoms with van der Waals surface area (Å²) in [6, 6.07) is 3.13. The van der Waals surface area contributed by atoms with Crippen LogP contribution >= 0.6 is 0 Å². The van der Waals surface area contributed by atoms with E-state index >= 15 is 0 Å². The largest absolute Gasteiger partial charge is 1.00 e. The van der Waals surface area contributed by atoms with E-state index in [0.717, 1.165) is 0 Å². The third kappa shape index (κ3) is 3.45. The summed E-state index contributed by atoms with van der Waals surface area (Å²) in [7, 11) is -0.936. The van der Waals surface area contributed by atoms with Crippen molar-refractivity contribution in [3.63, 3.8) is 0 Å². The van der Waals surface area contributed by atoms with Crippen molar-refractivity contribution >= 4 is 8.07 Å². The molecule has 0 spiro atoms. The molecule has 1 saturated heterocycles. The number of hydrogen-bond donors (Lipinski definition) is 0. The van der Waals surface area contributed by atoms with Gasteiger partial charge in [0.2, 0.25) is 0 Å². The molecular formula is C15H20Cl2HfSi. The summed E-state index contributed by atoms with van der Waals surface area (Å²) in [5, 5.41) is 1.91. The van der Waals surface area contributed by atoms with E-state index in [1.165, 1.54) is 19.3 Å². The molecule has 0 radical (unpaired) electrons.